The highest BCUT2D eigenvalue weighted by Crippen LogP contribution is 2.34. The fourth-order valence-electron chi connectivity index (χ4n) is 2.94. The Kier molecular flexibility index (Phi) is 3.88. The van der Waals surface area contributed by atoms with Crippen LogP contribution in [0, 0.1) is 13.8 Å². The zero-order valence-electron chi connectivity index (χ0n) is 13.5. The number of aryl methyl sites for hydroxylation is 2. The van der Waals surface area contributed by atoms with Crippen LogP contribution in [0.4, 0.5) is 5.82 Å². The Labute approximate surface area is 130 Å². The highest BCUT2D eigenvalue weighted by molar-refractivity contribution is 5.52. The Balaban J connectivity index is 1.93. The van der Waals surface area contributed by atoms with Crippen molar-refractivity contribution in [3.8, 4) is 11.5 Å². The lowest BCUT2D eigenvalue weighted by Gasteiger charge is -2.30. The number of benzene rings is 1. The second-order valence-corrected chi connectivity index (χ2v) is 5.56. The van der Waals surface area contributed by atoms with E-state index in [1.807, 2.05) is 19.9 Å². The summed E-state index contributed by atoms with van der Waals surface area (Å²) in [5.41, 5.74) is 3.58. The van der Waals surface area contributed by atoms with Gasteiger partial charge in [0, 0.05) is 24.8 Å². The fraction of sp³-hybridized carbons (Fsp3) is 0.412. The van der Waals surface area contributed by atoms with Crippen molar-refractivity contribution in [1.29, 1.82) is 0 Å². The van der Waals surface area contributed by atoms with Crippen molar-refractivity contribution in [3.05, 3.63) is 40.8 Å². The van der Waals surface area contributed by atoms with Gasteiger partial charge in [0.05, 0.1) is 14.2 Å². The fourth-order valence-corrected chi connectivity index (χ4v) is 2.94. The summed E-state index contributed by atoms with van der Waals surface area (Å²) in [6.45, 7) is 5.70. The summed E-state index contributed by atoms with van der Waals surface area (Å²) in [6.07, 6.45) is 0.970. The number of hydrogen-bond acceptors (Lipinski definition) is 5. The predicted molar refractivity (Wildman–Crippen MR) is 85.8 cm³/mol. The van der Waals surface area contributed by atoms with Crippen molar-refractivity contribution in [2.24, 2.45) is 0 Å². The van der Waals surface area contributed by atoms with Gasteiger partial charge in [-0.3, -0.25) is 0 Å². The third kappa shape index (κ3) is 2.71. The van der Waals surface area contributed by atoms with Crippen molar-refractivity contribution in [2.75, 3.05) is 25.7 Å². The number of fused-ring (bicyclic) bond motifs is 1. The Morgan fingerprint density at radius 2 is 1.64 bits per heavy atom. The third-order valence-electron chi connectivity index (χ3n) is 3.99. The highest BCUT2D eigenvalue weighted by Gasteiger charge is 2.20. The normalized spacial score (nSPS) is 13.7. The zero-order chi connectivity index (χ0) is 15.7. The van der Waals surface area contributed by atoms with Crippen LogP contribution < -0.4 is 14.4 Å². The molecule has 3 rings (SSSR count). The molecule has 0 saturated carbocycles. The van der Waals surface area contributed by atoms with Gasteiger partial charge in [-0.15, -0.1) is 0 Å². The molecular weight excluding hydrogens is 278 g/mol. The first-order valence-corrected chi connectivity index (χ1v) is 7.41. The van der Waals surface area contributed by atoms with E-state index in [9.17, 15) is 0 Å². The summed E-state index contributed by atoms with van der Waals surface area (Å²) in [6, 6.07) is 6.20. The Morgan fingerprint density at radius 3 is 2.27 bits per heavy atom. The topological polar surface area (TPSA) is 47.5 Å². The third-order valence-corrected chi connectivity index (χ3v) is 3.99. The van der Waals surface area contributed by atoms with Crippen LogP contribution in [-0.2, 0) is 13.0 Å². The number of rotatable bonds is 3. The van der Waals surface area contributed by atoms with Crippen LogP contribution in [0.1, 0.15) is 22.6 Å². The standard InChI is InChI=1S/C17H21N3O2/c1-11-7-17(19-12(2)18-11)20-6-5-13-8-15(21-3)16(22-4)9-14(13)10-20/h7-9H,5-6,10H2,1-4H3. The number of methoxy groups -OCH3 is 2. The maximum Gasteiger partial charge on any atom is 0.161 e. The van der Waals surface area contributed by atoms with Crippen LogP contribution >= 0.6 is 0 Å². The molecule has 0 spiro atoms. The Hall–Kier alpha value is -2.30. The first-order chi connectivity index (χ1) is 10.6. The molecule has 0 saturated heterocycles. The van der Waals surface area contributed by atoms with Crippen molar-refractivity contribution in [2.45, 2.75) is 26.8 Å². The van der Waals surface area contributed by atoms with Gasteiger partial charge in [-0.25, -0.2) is 9.97 Å². The molecule has 0 fully saturated rings. The number of anilines is 1. The van der Waals surface area contributed by atoms with Gasteiger partial charge in [0.1, 0.15) is 11.6 Å². The van der Waals surface area contributed by atoms with E-state index in [2.05, 4.69) is 27.0 Å². The molecule has 5 heteroatoms. The lowest BCUT2D eigenvalue weighted by Crippen LogP contribution is -2.31. The Bertz CT molecular complexity index is 680. The minimum absolute atomic E-state index is 0.776. The van der Waals surface area contributed by atoms with E-state index >= 15 is 0 Å². The summed E-state index contributed by atoms with van der Waals surface area (Å²) >= 11 is 0. The smallest absolute Gasteiger partial charge is 0.161 e. The first-order valence-electron chi connectivity index (χ1n) is 7.41. The predicted octanol–water partition coefficient (Wildman–Crippen LogP) is 2.67. The average molecular weight is 299 g/mol. The van der Waals surface area contributed by atoms with E-state index in [4.69, 9.17) is 9.47 Å². The van der Waals surface area contributed by atoms with Crippen LogP contribution in [-0.4, -0.2) is 30.7 Å². The number of hydrogen-bond donors (Lipinski definition) is 0. The van der Waals surface area contributed by atoms with Gasteiger partial charge in [-0.2, -0.15) is 0 Å². The summed E-state index contributed by atoms with van der Waals surface area (Å²) in [4.78, 5) is 11.2. The van der Waals surface area contributed by atoms with Gasteiger partial charge in [0.2, 0.25) is 0 Å². The summed E-state index contributed by atoms with van der Waals surface area (Å²) in [7, 11) is 3.34. The molecule has 5 nitrogen and oxygen atoms in total. The average Bonchev–Trinajstić information content (AvgIpc) is 2.52. The molecule has 0 aliphatic carbocycles. The molecule has 1 aliphatic rings. The molecule has 0 N–H and O–H groups in total. The second-order valence-electron chi connectivity index (χ2n) is 5.56. The minimum atomic E-state index is 0.776. The molecule has 0 atom stereocenters. The molecule has 0 unspecified atom stereocenters. The van der Waals surface area contributed by atoms with Crippen LogP contribution in [0.15, 0.2) is 18.2 Å². The summed E-state index contributed by atoms with van der Waals surface area (Å²) in [5, 5.41) is 0. The summed E-state index contributed by atoms with van der Waals surface area (Å²) in [5.74, 6) is 3.38. The zero-order valence-corrected chi connectivity index (χ0v) is 13.5. The van der Waals surface area contributed by atoms with Crippen LogP contribution in [0.5, 0.6) is 11.5 Å². The van der Waals surface area contributed by atoms with Gasteiger partial charge in [0.15, 0.2) is 11.5 Å². The first kappa shape index (κ1) is 14.6. The maximum absolute atomic E-state index is 5.41. The van der Waals surface area contributed by atoms with Crippen molar-refractivity contribution in [3.63, 3.8) is 0 Å². The lowest BCUT2D eigenvalue weighted by molar-refractivity contribution is 0.353. The van der Waals surface area contributed by atoms with E-state index in [0.717, 1.165) is 48.3 Å². The van der Waals surface area contributed by atoms with E-state index in [-0.39, 0.29) is 0 Å². The number of aromatic nitrogens is 2. The van der Waals surface area contributed by atoms with E-state index < -0.39 is 0 Å². The second kappa shape index (κ2) is 5.83. The molecule has 0 radical (unpaired) electrons. The van der Waals surface area contributed by atoms with Gasteiger partial charge in [0.25, 0.3) is 0 Å². The van der Waals surface area contributed by atoms with E-state index in [1.54, 1.807) is 14.2 Å². The quantitative estimate of drug-likeness (QED) is 0.872. The van der Waals surface area contributed by atoms with Crippen LogP contribution in [0.25, 0.3) is 0 Å². The molecule has 1 aromatic heterocycles. The number of ether oxygens (including phenoxy) is 2. The molecule has 116 valence electrons. The van der Waals surface area contributed by atoms with Crippen LogP contribution in [0.2, 0.25) is 0 Å². The van der Waals surface area contributed by atoms with Gasteiger partial charge in [-0.1, -0.05) is 0 Å². The minimum Gasteiger partial charge on any atom is -0.493 e. The maximum atomic E-state index is 5.41. The van der Waals surface area contributed by atoms with Gasteiger partial charge in [-0.05, 0) is 43.5 Å². The molecule has 0 amide bonds. The monoisotopic (exact) mass is 299 g/mol. The molecule has 2 aromatic rings. The van der Waals surface area contributed by atoms with Crippen molar-refractivity contribution < 1.29 is 9.47 Å². The van der Waals surface area contributed by atoms with E-state index in [0.29, 0.717) is 0 Å². The Morgan fingerprint density at radius 1 is 0.955 bits per heavy atom. The SMILES string of the molecule is COc1cc2c(cc1OC)CN(c1cc(C)nc(C)n1)CC2. The lowest BCUT2D eigenvalue weighted by atomic mass is 9.99. The van der Waals surface area contributed by atoms with Gasteiger partial charge < -0.3 is 14.4 Å². The molecule has 1 aromatic carbocycles. The molecule has 1 aliphatic heterocycles. The van der Waals surface area contributed by atoms with Crippen molar-refractivity contribution in [1.82, 2.24) is 9.97 Å². The van der Waals surface area contributed by atoms with Crippen molar-refractivity contribution >= 4 is 5.82 Å². The summed E-state index contributed by atoms with van der Waals surface area (Å²) < 4.78 is 10.8. The van der Waals surface area contributed by atoms with Crippen LogP contribution in [0.3, 0.4) is 0 Å². The molecule has 22 heavy (non-hydrogen) atoms. The largest absolute Gasteiger partial charge is 0.493 e. The van der Waals surface area contributed by atoms with Gasteiger partial charge >= 0.3 is 0 Å². The molecular formula is C17H21N3O2. The molecule has 0 bridgehead atoms. The highest BCUT2D eigenvalue weighted by atomic mass is 16.5. The molecule has 2 heterocycles. The number of nitrogens with zero attached hydrogens (tertiary/aromatic N) is 3. The van der Waals surface area contributed by atoms with E-state index in [1.165, 1.54) is 11.1 Å².